The van der Waals surface area contributed by atoms with Gasteiger partial charge in [0.1, 0.15) is 29.7 Å². The fraction of sp³-hybridized carbons (Fsp3) is 0.161. The van der Waals surface area contributed by atoms with Gasteiger partial charge in [0.2, 0.25) is 11.8 Å². The number of halogens is 1. The second kappa shape index (κ2) is 11.8. The Morgan fingerprint density at radius 1 is 0.975 bits per heavy atom. The molecule has 5 rings (SSSR count). The molecule has 0 spiro atoms. The van der Waals surface area contributed by atoms with Crippen LogP contribution in [0.5, 0.6) is 5.75 Å². The topological polar surface area (TPSA) is 89.3 Å². The van der Waals surface area contributed by atoms with Crippen molar-refractivity contribution in [2.75, 3.05) is 12.0 Å². The number of carbonyl (C=O) groups is 2. The van der Waals surface area contributed by atoms with Crippen LogP contribution in [-0.2, 0) is 22.7 Å². The first-order chi connectivity index (χ1) is 19.5. The second-order valence-corrected chi connectivity index (χ2v) is 9.30. The van der Waals surface area contributed by atoms with Crippen molar-refractivity contribution in [2.45, 2.75) is 26.1 Å². The third-order valence-electron chi connectivity index (χ3n) is 6.58. The predicted molar refractivity (Wildman–Crippen MR) is 150 cm³/mol. The number of amides is 2. The Kier molecular flexibility index (Phi) is 7.82. The smallest absolute Gasteiger partial charge is 0.249 e. The highest BCUT2D eigenvalue weighted by molar-refractivity contribution is 6.02. The molecule has 0 fully saturated rings. The number of ether oxygens (including phenoxy) is 1. The number of aromatic nitrogens is 3. The van der Waals surface area contributed by atoms with E-state index >= 15 is 4.39 Å². The number of para-hydroxylation sites is 1. The van der Waals surface area contributed by atoms with E-state index < -0.39 is 23.7 Å². The number of hydrogen-bond acceptors (Lipinski definition) is 5. The molecule has 0 saturated heterocycles. The largest absolute Gasteiger partial charge is 0.495 e. The summed E-state index contributed by atoms with van der Waals surface area (Å²) >= 11 is 0. The van der Waals surface area contributed by atoms with Crippen molar-refractivity contribution in [1.82, 2.24) is 20.3 Å². The zero-order valence-electron chi connectivity index (χ0n) is 22.1. The summed E-state index contributed by atoms with van der Waals surface area (Å²) in [6.45, 7) is 1.82. The minimum absolute atomic E-state index is 0.0495. The van der Waals surface area contributed by atoms with E-state index in [-0.39, 0.29) is 18.7 Å². The summed E-state index contributed by atoms with van der Waals surface area (Å²) in [4.78, 5) is 29.5. The second-order valence-electron chi connectivity index (χ2n) is 9.30. The monoisotopic (exact) mass is 537 g/mol. The molecule has 0 aliphatic heterocycles. The molecule has 0 radical (unpaired) electrons. The zero-order chi connectivity index (χ0) is 28.1. The van der Waals surface area contributed by atoms with E-state index in [2.05, 4.69) is 15.6 Å². The molecule has 5 aromatic rings. The number of rotatable bonds is 9. The highest BCUT2D eigenvalue weighted by atomic mass is 19.1. The normalized spacial score (nSPS) is 11.7. The van der Waals surface area contributed by atoms with E-state index in [1.807, 2.05) is 55.5 Å². The minimum Gasteiger partial charge on any atom is -0.495 e. The Balaban J connectivity index is 1.62. The summed E-state index contributed by atoms with van der Waals surface area (Å²) in [6, 6.07) is 26.5. The lowest BCUT2D eigenvalue weighted by Crippen LogP contribution is -2.45. The molecular formula is C31H28FN5O3. The first-order valence-corrected chi connectivity index (χ1v) is 12.8. The van der Waals surface area contributed by atoms with Crippen LogP contribution in [0.3, 0.4) is 0 Å². The summed E-state index contributed by atoms with van der Waals surface area (Å²) in [6.07, 6.45) is 0. The number of anilines is 1. The molecular weight excluding hydrogens is 509 g/mol. The molecule has 0 saturated carbocycles. The summed E-state index contributed by atoms with van der Waals surface area (Å²) in [7, 11) is 1.48. The van der Waals surface area contributed by atoms with Crippen LogP contribution in [0.2, 0.25) is 0 Å². The molecule has 9 heteroatoms. The fourth-order valence-electron chi connectivity index (χ4n) is 4.62. The molecule has 1 atom stereocenters. The summed E-state index contributed by atoms with van der Waals surface area (Å²) in [5.74, 6) is -1.30. The maximum absolute atomic E-state index is 15.4. The Hall–Kier alpha value is -5.05. The lowest BCUT2D eigenvalue weighted by molar-refractivity contribution is -0.127. The van der Waals surface area contributed by atoms with Crippen LogP contribution < -0.4 is 15.0 Å². The van der Waals surface area contributed by atoms with Crippen molar-refractivity contribution in [3.05, 3.63) is 120 Å². The molecule has 1 heterocycles. The van der Waals surface area contributed by atoms with Gasteiger partial charge in [0, 0.05) is 12.1 Å². The SMILES string of the molecule is COc1ccc(C)cc1N(C(=O)Cn1nnc2ccccc21)[C@H](C(=O)NCc1ccccc1)c1ccccc1F. The number of hydrogen-bond donors (Lipinski definition) is 1. The molecule has 0 aliphatic rings. The maximum atomic E-state index is 15.4. The number of nitrogens with one attached hydrogen (secondary N) is 1. The van der Waals surface area contributed by atoms with Gasteiger partial charge < -0.3 is 10.1 Å². The maximum Gasteiger partial charge on any atom is 0.249 e. The summed E-state index contributed by atoms with van der Waals surface area (Å²) < 4.78 is 22.4. The van der Waals surface area contributed by atoms with Gasteiger partial charge in [0.25, 0.3) is 0 Å². The van der Waals surface area contributed by atoms with Crippen LogP contribution in [0.15, 0.2) is 97.1 Å². The molecule has 0 aliphatic carbocycles. The van der Waals surface area contributed by atoms with Gasteiger partial charge in [-0.05, 0) is 48.4 Å². The van der Waals surface area contributed by atoms with Crippen molar-refractivity contribution in [1.29, 1.82) is 0 Å². The average Bonchev–Trinajstić information content (AvgIpc) is 3.38. The molecule has 1 aromatic heterocycles. The van der Waals surface area contributed by atoms with Crippen molar-refractivity contribution >= 4 is 28.5 Å². The van der Waals surface area contributed by atoms with Gasteiger partial charge >= 0.3 is 0 Å². The Labute approximate surface area is 231 Å². The van der Waals surface area contributed by atoms with E-state index in [0.717, 1.165) is 11.1 Å². The van der Waals surface area contributed by atoms with Gasteiger partial charge in [0.15, 0.2) is 0 Å². The molecule has 0 bridgehead atoms. The number of benzene rings is 4. The van der Waals surface area contributed by atoms with Gasteiger partial charge in [-0.3, -0.25) is 14.5 Å². The lowest BCUT2D eigenvalue weighted by Gasteiger charge is -2.33. The van der Waals surface area contributed by atoms with Crippen LogP contribution in [0.4, 0.5) is 10.1 Å². The standard InChI is InChI=1S/C31H28FN5O3/c1-21-16-17-28(40-2)27(18-21)37(29(38)20-36-26-15-9-8-14-25(26)34-35-36)30(23-12-6-7-13-24(23)32)31(39)33-19-22-10-4-3-5-11-22/h3-18,30H,19-20H2,1-2H3,(H,33,39)/t30-/m0/s1. The van der Waals surface area contributed by atoms with Crippen molar-refractivity contribution in [3.63, 3.8) is 0 Å². The minimum atomic E-state index is -1.34. The van der Waals surface area contributed by atoms with Crippen LogP contribution in [-0.4, -0.2) is 33.9 Å². The third-order valence-corrected chi connectivity index (χ3v) is 6.58. The average molecular weight is 538 g/mol. The van der Waals surface area contributed by atoms with E-state index in [0.29, 0.717) is 22.5 Å². The van der Waals surface area contributed by atoms with E-state index in [9.17, 15) is 9.59 Å². The van der Waals surface area contributed by atoms with E-state index in [1.54, 1.807) is 36.4 Å². The Morgan fingerprint density at radius 2 is 1.70 bits per heavy atom. The molecule has 8 nitrogen and oxygen atoms in total. The highest BCUT2D eigenvalue weighted by Gasteiger charge is 2.36. The number of carbonyl (C=O) groups excluding carboxylic acids is 2. The van der Waals surface area contributed by atoms with Crippen molar-refractivity contribution < 1.29 is 18.7 Å². The lowest BCUT2D eigenvalue weighted by atomic mass is 10.0. The zero-order valence-corrected chi connectivity index (χ0v) is 22.1. The van der Waals surface area contributed by atoms with Crippen molar-refractivity contribution in [3.8, 4) is 5.75 Å². The summed E-state index contributed by atoms with van der Waals surface area (Å²) in [5.41, 5.74) is 3.36. The number of nitrogens with zero attached hydrogens (tertiary/aromatic N) is 4. The third kappa shape index (κ3) is 5.54. The number of methoxy groups -OCH3 is 1. The highest BCUT2D eigenvalue weighted by Crippen LogP contribution is 2.37. The predicted octanol–water partition coefficient (Wildman–Crippen LogP) is 4.98. The van der Waals surface area contributed by atoms with E-state index in [4.69, 9.17) is 4.74 Å². The molecule has 1 N–H and O–H groups in total. The molecule has 4 aromatic carbocycles. The van der Waals surface area contributed by atoms with Crippen LogP contribution in [0.1, 0.15) is 22.7 Å². The van der Waals surface area contributed by atoms with Crippen molar-refractivity contribution in [2.24, 2.45) is 0 Å². The van der Waals surface area contributed by atoms with Crippen LogP contribution in [0, 0.1) is 12.7 Å². The van der Waals surface area contributed by atoms with Gasteiger partial charge in [-0.25, -0.2) is 9.07 Å². The van der Waals surface area contributed by atoms with Gasteiger partial charge in [0.05, 0.1) is 18.3 Å². The quantitative estimate of drug-likeness (QED) is 0.287. The Bertz CT molecular complexity index is 1650. The first-order valence-electron chi connectivity index (χ1n) is 12.8. The number of aryl methyl sites for hydroxylation is 1. The van der Waals surface area contributed by atoms with Gasteiger partial charge in [-0.15, -0.1) is 5.10 Å². The fourth-order valence-corrected chi connectivity index (χ4v) is 4.62. The van der Waals surface area contributed by atoms with E-state index in [1.165, 1.54) is 28.8 Å². The summed E-state index contributed by atoms with van der Waals surface area (Å²) in [5, 5.41) is 11.2. The van der Waals surface area contributed by atoms with Crippen LogP contribution >= 0.6 is 0 Å². The molecule has 0 unspecified atom stereocenters. The Morgan fingerprint density at radius 3 is 2.48 bits per heavy atom. The number of fused-ring (bicyclic) bond motifs is 1. The molecule has 202 valence electrons. The molecule has 40 heavy (non-hydrogen) atoms. The van der Waals surface area contributed by atoms with Gasteiger partial charge in [-0.1, -0.05) is 71.9 Å². The van der Waals surface area contributed by atoms with Gasteiger partial charge in [-0.2, -0.15) is 0 Å². The first kappa shape index (κ1) is 26.6. The molecule has 2 amide bonds. The van der Waals surface area contributed by atoms with Crippen LogP contribution in [0.25, 0.3) is 11.0 Å².